The average Bonchev–Trinajstić information content (AvgIpc) is 2.50. The number of hydrogen-bond acceptors (Lipinski definition) is 4. The van der Waals surface area contributed by atoms with Crippen LogP contribution < -0.4 is 5.73 Å². The fourth-order valence-corrected chi connectivity index (χ4v) is 1.72. The maximum atomic E-state index is 12.0. The second-order valence-corrected chi connectivity index (χ2v) is 4.19. The van der Waals surface area contributed by atoms with Crippen molar-refractivity contribution in [2.45, 2.75) is 6.42 Å². The number of fused-ring (bicyclic) bond motifs is 1. The van der Waals surface area contributed by atoms with E-state index >= 15 is 0 Å². The van der Waals surface area contributed by atoms with Gasteiger partial charge in [0.15, 0.2) is 0 Å². The van der Waals surface area contributed by atoms with Crippen LogP contribution in [0.2, 0.25) is 0 Å². The summed E-state index contributed by atoms with van der Waals surface area (Å²) in [7, 11) is 5.24. The molecule has 1 aliphatic rings. The van der Waals surface area contributed by atoms with Crippen LogP contribution in [0, 0.1) is 0 Å². The number of rotatable bonds is 1. The Balaban J connectivity index is 2.51. The van der Waals surface area contributed by atoms with Crippen LogP contribution in [0.4, 0.5) is 5.69 Å². The summed E-state index contributed by atoms with van der Waals surface area (Å²) in [6.07, 6.45) is 3.81. The molecule has 90 valence electrons. The number of carbonyl (C=O) groups is 1. The Morgan fingerprint density at radius 1 is 1.53 bits per heavy atom. The van der Waals surface area contributed by atoms with E-state index in [1.165, 1.54) is 4.90 Å². The topological polar surface area (TPSA) is 76.5 Å². The van der Waals surface area contributed by atoms with Crippen molar-refractivity contribution in [1.82, 2.24) is 14.7 Å². The zero-order chi connectivity index (χ0) is 12.6. The second kappa shape index (κ2) is 4.04. The van der Waals surface area contributed by atoms with Crippen LogP contribution in [0.1, 0.15) is 12.1 Å². The number of carbonyl (C=O) groups excluding carboxylic acids is 1. The third-order valence-corrected chi connectivity index (χ3v) is 2.59. The van der Waals surface area contributed by atoms with E-state index in [1.807, 2.05) is 7.05 Å². The molecule has 0 radical (unpaired) electrons. The van der Waals surface area contributed by atoms with E-state index in [9.17, 15) is 4.79 Å². The van der Waals surface area contributed by atoms with Gasteiger partial charge in [0, 0.05) is 33.1 Å². The van der Waals surface area contributed by atoms with E-state index in [1.54, 1.807) is 31.1 Å². The second-order valence-electron chi connectivity index (χ2n) is 4.19. The van der Waals surface area contributed by atoms with Crippen molar-refractivity contribution in [2.24, 2.45) is 17.8 Å². The van der Waals surface area contributed by atoms with E-state index in [-0.39, 0.29) is 5.91 Å². The minimum atomic E-state index is -0.0581. The summed E-state index contributed by atoms with van der Waals surface area (Å²) in [5.41, 5.74) is 7.91. The lowest BCUT2D eigenvalue weighted by Gasteiger charge is -2.12. The first-order chi connectivity index (χ1) is 7.99. The van der Waals surface area contributed by atoms with E-state index in [2.05, 4.69) is 10.1 Å². The predicted molar refractivity (Wildman–Crippen MR) is 65.8 cm³/mol. The van der Waals surface area contributed by atoms with E-state index in [4.69, 9.17) is 5.73 Å². The molecule has 0 unspecified atom stereocenters. The van der Waals surface area contributed by atoms with E-state index in [0.29, 0.717) is 23.5 Å². The molecule has 0 spiro atoms. The number of aryl methyl sites for hydroxylation is 1. The van der Waals surface area contributed by atoms with Crippen LogP contribution in [0.3, 0.4) is 0 Å². The number of aliphatic imine (C=N–C) groups is 1. The van der Waals surface area contributed by atoms with Gasteiger partial charge in [-0.05, 0) is 6.08 Å². The van der Waals surface area contributed by atoms with Gasteiger partial charge in [-0.1, -0.05) is 0 Å². The van der Waals surface area contributed by atoms with Crippen molar-refractivity contribution in [1.29, 1.82) is 0 Å². The summed E-state index contributed by atoms with van der Waals surface area (Å²) in [5, 5.41) is 4.10. The van der Waals surface area contributed by atoms with Crippen molar-refractivity contribution >= 4 is 23.5 Å². The van der Waals surface area contributed by atoms with Crippen LogP contribution in [0.25, 0.3) is 6.08 Å². The molecule has 0 fully saturated rings. The van der Waals surface area contributed by atoms with Gasteiger partial charge >= 0.3 is 0 Å². The lowest BCUT2D eigenvalue weighted by molar-refractivity contribution is -0.124. The van der Waals surface area contributed by atoms with Crippen LogP contribution in [-0.4, -0.2) is 40.5 Å². The summed E-state index contributed by atoms with van der Waals surface area (Å²) >= 11 is 0. The highest BCUT2D eigenvalue weighted by atomic mass is 16.2. The van der Waals surface area contributed by atoms with Gasteiger partial charge in [-0.2, -0.15) is 5.10 Å². The Hall–Kier alpha value is -2.11. The van der Waals surface area contributed by atoms with Gasteiger partial charge in [0.05, 0.1) is 11.9 Å². The van der Waals surface area contributed by atoms with Gasteiger partial charge < -0.3 is 10.6 Å². The third kappa shape index (κ3) is 2.06. The highest BCUT2D eigenvalue weighted by Gasteiger charge is 2.19. The first-order valence-corrected chi connectivity index (χ1v) is 5.26. The fraction of sp³-hybridized carbons (Fsp3) is 0.364. The summed E-state index contributed by atoms with van der Waals surface area (Å²) < 4.78 is 1.68. The smallest absolute Gasteiger partial charge is 0.249 e. The van der Waals surface area contributed by atoms with Crippen molar-refractivity contribution in [2.75, 3.05) is 14.1 Å². The molecule has 1 aromatic heterocycles. The molecule has 2 rings (SSSR count). The standard InChI is InChI=1S/C11H15N5O/c1-15(2)11(17)7-4-9-8(6-13-16(9)3)14-10(12)5-7/h4,6H,5H2,1-3H3,(H2,12,14). The fourth-order valence-electron chi connectivity index (χ4n) is 1.72. The van der Waals surface area contributed by atoms with Gasteiger partial charge in [0.2, 0.25) is 5.91 Å². The number of amides is 1. The van der Waals surface area contributed by atoms with Crippen LogP contribution in [-0.2, 0) is 11.8 Å². The predicted octanol–water partition coefficient (Wildman–Crippen LogP) is 0.284. The van der Waals surface area contributed by atoms with Gasteiger partial charge in [-0.3, -0.25) is 9.48 Å². The minimum Gasteiger partial charge on any atom is -0.387 e. The maximum Gasteiger partial charge on any atom is 0.249 e. The molecular formula is C11H15N5O. The first-order valence-electron chi connectivity index (χ1n) is 5.26. The number of likely N-dealkylation sites (N-methyl/N-ethyl adjacent to an activating group) is 1. The summed E-state index contributed by atoms with van der Waals surface area (Å²) in [5.74, 6) is 0.371. The van der Waals surface area contributed by atoms with Gasteiger partial charge in [-0.15, -0.1) is 0 Å². The highest BCUT2D eigenvalue weighted by Crippen LogP contribution is 2.25. The quantitative estimate of drug-likeness (QED) is 0.757. The van der Waals surface area contributed by atoms with Gasteiger partial charge in [-0.25, -0.2) is 4.99 Å². The Kier molecular flexibility index (Phi) is 2.71. The number of nitrogens with two attached hydrogens (primary N) is 1. The minimum absolute atomic E-state index is 0.0581. The van der Waals surface area contributed by atoms with E-state index in [0.717, 1.165) is 5.69 Å². The third-order valence-electron chi connectivity index (χ3n) is 2.59. The Morgan fingerprint density at radius 3 is 2.88 bits per heavy atom. The molecular weight excluding hydrogens is 218 g/mol. The average molecular weight is 233 g/mol. The Labute approximate surface area is 99.4 Å². The van der Waals surface area contributed by atoms with Gasteiger partial charge in [0.1, 0.15) is 11.5 Å². The monoisotopic (exact) mass is 233 g/mol. The molecule has 2 N–H and O–H groups in total. The number of aromatic nitrogens is 2. The molecule has 1 aromatic rings. The molecule has 6 nitrogen and oxygen atoms in total. The zero-order valence-electron chi connectivity index (χ0n) is 10.1. The van der Waals surface area contributed by atoms with Crippen molar-refractivity contribution in [3.8, 4) is 0 Å². The van der Waals surface area contributed by atoms with Crippen molar-refractivity contribution in [3.05, 3.63) is 17.5 Å². The SMILES string of the molecule is CN(C)C(=O)C1=Cc2c(cnn2C)N=C(N)C1. The molecule has 0 saturated carbocycles. The largest absolute Gasteiger partial charge is 0.387 e. The molecule has 0 atom stereocenters. The van der Waals surface area contributed by atoms with Crippen LogP contribution in [0.15, 0.2) is 16.8 Å². The molecule has 1 amide bonds. The molecule has 0 bridgehead atoms. The number of amidine groups is 1. The Bertz CT molecular complexity index is 524. The Morgan fingerprint density at radius 2 is 2.24 bits per heavy atom. The maximum absolute atomic E-state index is 12.0. The summed E-state index contributed by atoms with van der Waals surface area (Å²) in [6.45, 7) is 0. The molecule has 0 saturated heterocycles. The summed E-state index contributed by atoms with van der Waals surface area (Å²) in [6, 6.07) is 0. The number of nitrogens with zero attached hydrogens (tertiary/aromatic N) is 4. The molecule has 0 aliphatic carbocycles. The lowest BCUT2D eigenvalue weighted by atomic mass is 10.1. The van der Waals surface area contributed by atoms with Crippen LogP contribution >= 0.6 is 0 Å². The highest BCUT2D eigenvalue weighted by molar-refractivity contribution is 6.04. The lowest BCUT2D eigenvalue weighted by Crippen LogP contribution is -2.26. The molecule has 2 heterocycles. The molecule has 1 aliphatic heterocycles. The van der Waals surface area contributed by atoms with Crippen molar-refractivity contribution in [3.63, 3.8) is 0 Å². The zero-order valence-corrected chi connectivity index (χ0v) is 10.1. The number of hydrogen-bond donors (Lipinski definition) is 1. The molecule has 17 heavy (non-hydrogen) atoms. The molecule has 0 aromatic carbocycles. The van der Waals surface area contributed by atoms with Crippen LogP contribution in [0.5, 0.6) is 0 Å². The molecule has 6 heteroatoms. The normalized spacial score (nSPS) is 14.5. The van der Waals surface area contributed by atoms with Crippen molar-refractivity contribution < 1.29 is 4.79 Å². The first kappa shape index (κ1) is 11.4. The van der Waals surface area contributed by atoms with E-state index < -0.39 is 0 Å². The summed E-state index contributed by atoms with van der Waals surface area (Å²) in [4.78, 5) is 17.7. The van der Waals surface area contributed by atoms with Gasteiger partial charge in [0.25, 0.3) is 0 Å².